The van der Waals surface area contributed by atoms with Crippen LogP contribution < -0.4 is 0 Å². The third-order valence-electron chi connectivity index (χ3n) is 5.95. The summed E-state index contributed by atoms with van der Waals surface area (Å²) in [6.07, 6.45) is 1.67. The van der Waals surface area contributed by atoms with Crippen LogP contribution in [0.4, 0.5) is 0 Å². The molecule has 0 amide bonds. The normalized spacial score (nSPS) is 11.6. The van der Waals surface area contributed by atoms with Gasteiger partial charge in [0.1, 0.15) is 0 Å². The Labute approximate surface area is 188 Å². The number of rotatable bonds is 5. The SMILES string of the molecule is Cc1ccccc1-c1ccc2c(c1)c(C(=O)C(=O)O)cn2Cc1ccc(C(C)(C)C)cc1. The van der Waals surface area contributed by atoms with E-state index in [1.807, 2.05) is 54.0 Å². The zero-order valence-electron chi connectivity index (χ0n) is 18.8. The fraction of sp³-hybridized carbons (Fsp3) is 0.214. The maximum atomic E-state index is 12.5. The van der Waals surface area contributed by atoms with Crippen molar-refractivity contribution in [1.82, 2.24) is 4.57 Å². The van der Waals surface area contributed by atoms with E-state index < -0.39 is 11.8 Å². The minimum absolute atomic E-state index is 0.0751. The Bertz CT molecular complexity index is 1320. The lowest BCUT2D eigenvalue weighted by Crippen LogP contribution is -2.12. The van der Waals surface area contributed by atoms with Gasteiger partial charge >= 0.3 is 5.97 Å². The third kappa shape index (κ3) is 4.09. The van der Waals surface area contributed by atoms with Crippen LogP contribution in [0.15, 0.2) is 72.9 Å². The van der Waals surface area contributed by atoms with Gasteiger partial charge < -0.3 is 9.67 Å². The summed E-state index contributed by atoms with van der Waals surface area (Å²) in [5.41, 5.74) is 6.62. The summed E-state index contributed by atoms with van der Waals surface area (Å²) in [6.45, 7) is 9.12. The van der Waals surface area contributed by atoms with Crippen LogP contribution >= 0.6 is 0 Å². The first-order chi connectivity index (χ1) is 15.1. The number of ketones is 1. The summed E-state index contributed by atoms with van der Waals surface area (Å²) >= 11 is 0. The highest BCUT2D eigenvalue weighted by Crippen LogP contribution is 2.31. The standard InChI is InChI=1S/C28H27NO3/c1-18-7-5-6-8-22(18)20-11-14-25-23(15-20)24(26(30)27(31)32)17-29(25)16-19-9-12-21(13-10-19)28(2,3)4/h5-15,17H,16H2,1-4H3,(H,31,32). The second-order valence-electron chi connectivity index (χ2n) is 9.30. The van der Waals surface area contributed by atoms with Gasteiger partial charge in [-0.2, -0.15) is 0 Å². The van der Waals surface area contributed by atoms with Gasteiger partial charge in [0.25, 0.3) is 5.78 Å². The molecule has 4 aromatic rings. The average molecular weight is 426 g/mol. The molecule has 162 valence electrons. The topological polar surface area (TPSA) is 59.3 Å². The smallest absolute Gasteiger partial charge is 0.377 e. The molecule has 0 radical (unpaired) electrons. The highest BCUT2D eigenvalue weighted by Gasteiger charge is 2.22. The molecule has 0 fully saturated rings. The number of nitrogens with zero attached hydrogens (tertiary/aromatic N) is 1. The van der Waals surface area contributed by atoms with E-state index in [4.69, 9.17) is 0 Å². The van der Waals surface area contributed by atoms with E-state index in [2.05, 4.69) is 45.0 Å². The Hall–Kier alpha value is -3.66. The largest absolute Gasteiger partial charge is 0.475 e. The minimum Gasteiger partial charge on any atom is -0.475 e. The number of carboxylic acid groups (broad SMARTS) is 1. The number of aryl methyl sites for hydroxylation is 1. The molecule has 1 heterocycles. The van der Waals surface area contributed by atoms with Gasteiger partial charge in [-0.3, -0.25) is 4.79 Å². The Balaban J connectivity index is 1.80. The number of carboxylic acids is 1. The van der Waals surface area contributed by atoms with Crippen molar-refractivity contribution in [2.75, 3.05) is 0 Å². The number of aromatic nitrogens is 1. The highest BCUT2D eigenvalue weighted by atomic mass is 16.4. The summed E-state index contributed by atoms with van der Waals surface area (Å²) in [5, 5.41) is 10.0. The van der Waals surface area contributed by atoms with Crippen LogP contribution in [-0.4, -0.2) is 21.4 Å². The number of fused-ring (bicyclic) bond motifs is 1. The van der Waals surface area contributed by atoms with Crippen molar-refractivity contribution in [3.05, 3.63) is 95.2 Å². The monoisotopic (exact) mass is 425 g/mol. The zero-order chi connectivity index (χ0) is 23.0. The van der Waals surface area contributed by atoms with Gasteiger partial charge in [-0.25, -0.2) is 4.79 Å². The van der Waals surface area contributed by atoms with E-state index in [1.165, 1.54) is 5.56 Å². The molecule has 0 aliphatic heterocycles. The van der Waals surface area contributed by atoms with Crippen molar-refractivity contribution in [3.8, 4) is 11.1 Å². The van der Waals surface area contributed by atoms with Crippen molar-refractivity contribution in [2.24, 2.45) is 0 Å². The Morgan fingerprint density at radius 3 is 2.25 bits per heavy atom. The van der Waals surface area contributed by atoms with E-state index in [0.717, 1.165) is 27.8 Å². The summed E-state index contributed by atoms with van der Waals surface area (Å²) in [4.78, 5) is 24.0. The predicted octanol–water partition coefficient (Wildman–Crippen LogP) is 6.23. The molecule has 1 aromatic heterocycles. The van der Waals surface area contributed by atoms with Crippen LogP contribution in [0.25, 0.3) is 22.0 Å². The lowest BCUT2D eigenvalue weighted by molar-refractivity contribution is -0.131. The maximum Gasteiger partial charge on any atom is 0.377 e. The van der Waals surface area contributed by atoms with Gasteiger partial charge in [0.15, 0.2) is 0 Å². The van der Waals surface area contributed by atoms with Crippen molar-refractivity contribution in [2.45, 2.75) is 39.7 Å². The second-order valence-corrected chi connectivity index (χ2v) is 9.30. The van der Waals surface area contributed by atoms with Crippen molar-refractivity contribution >= 4 is 22.7 Å². The van der Waals surface area contributed by atoms with Crippen molar-refractivity contribution in [1.29, 1.82) is 0 Å². The molecule has 0 aliphatic carbocycles. The molecule has 0 spiro atoms. The van der Waals surface area contributed by atoms with Crippen LogP contribution in [0.2, 0.25) is 0 Å². The number of carbonyl (C=O) groups excluding carboxylic acids is 1. The summed E-state index contributed by atoms with van der Waals surface area (Å²) in [7, 11) is 0. The Morgan fingerprint density at radius 2 is 1.62 bits per heavy atom. The molecule has 1 N–H and O–H groups in total. The number of Topliss-reactive ketones (excluding diaryl/α,β-unsaturated/α-hetero) is 1. The van der Waals surface area contributed by atoms with E-state index >= 15 is 0 Å². The van der Waals surface area contributed by atoms with Gasteiger partial charge in [-0.05, 0) is 52.3 Å². The zero-order valence-corrected chi connectivity index (χ0v) is 18.8. The Morgan fingerprint density at radius 1 is 0.938 bits per heavy atom. The first kappa shape index (κ1) is 21.6. The first-order valence-corrected chi connectivity index (χ1v) is 10.7. The van der Waals surface area contributed by atoms with Crippen LogP contribution in [0.5, 0.6) is 0 Å². The quantitative estimate of drug-likeness (QED) is 0.305. The number of aliphatic carboxylic acids is 1. The van der Waals surface area contributed by atoms with Crippen LogP contribution in [0.3, 0.4) is 0 Å². The van der Waals surface area contributed by atoms with Gasteiger partial charge in [0.05, 0.1) is 5.56 Å². The third-order valence-corrected chi connectivity index (χ3v) is 5.95. The van der Waals surface area contributed by atoms with Gasteiger partial charge in [-0.1, -0.05) is 75.4 Å². The van der Waals surface area contributed by atoms with E-state index in [9.17, 15) is 14.7 Å². The molecular formula is C28H27NO3. The van der Waals surface area contributed by atoms with E-state index in [0.29, 0.717) is 11.9 Å². The summed E-state index contributed by atoms with van der Waals surface area (Å²) < 4.78 is 1.96. The molecular weight excluding hydrogens is 398 g/mol. The Kier molecular flexibility index (Phi) is 5.47. The predicted molar refractivity (Wildman–Crippen MR) is 128 cm³/mol. The summed E-state index contributed by atoms with van der Waals surface area (Å²) in [6, 6.07) is 22.4. The molecule has 4 rings (SSSR count). The number of hydrogen-bond acceptors (Lipinski definition) is 2. The van der Waals surface area contributed by atoms with Gasteiger partial charge in [-0.15, -0.1) is 0 Å². The fourth-order valence-corrected chi connectivity index (χ4v) is 4.10. The van der Waals surface area contributed by atoms with Crippen molar-refractivity contribution in [3.63, 3.8) is 0 Å². The van der Waals surface area contributed by atoms with Gasteiger partial charge in [0.2, 0.25) is 0 Å². The van der Waals surface area contributed by atoms with E-state index in [-0.39, 0.29) is 11.0 Å². The molecule has 0 unspecified atom stereocenters. The van der Waals surface area contributed by atoms with Crippen LogP contribution in [0.1, 0.15) is 47.8 Å². The highest BCUT2D eigenvalue weighted by molar-refractivity contribution is 6.42. The molecule has 0 atom stereocenters. The lowest BCUT2D eigenvalue weighted by Gasteiger charge is -2.19. The lowest BCUT2D eigenvalue weighted by atomic mass is 9.87. The van der Waals surface area contributed by atoms with E-state index in [1.54, 1.807) is 6.20 Å². The molecule has 4 nitrogen and oxygen atoms in total. The molecule has 4 heteroatoms. The fourth-order valence-electron chi connectivity index (χ4n) is 4.10. The molecule has 0 bridgehead atoms. The average Bonchev–Trinajstić information content (AvgIpc) is 3.10. The number of carbonyl (C=O) groups is 2. The number of benzene rings is 3. The molecule has 0 saturated carbocycles. The molecule has 32 heavy (non-hydrogen) atoms. The number of hydrogen-bond donors (Lipinski definition) is 1. The molecule has 0 saturated heterocycles. The maximum absolute atomic E-state index is 12.5. The first-order valence-electron chi connectivity index (χ1n) is 10.7. The molecule has 0 aliphatic rings. The molecule has 3 aromatic carbocycles. The summed E-state index contributed by atoms with van der Waals surface area (Å²) in [5.74, 6) is -2.33. The van der Waals surface area contributed by atoms with Crippen LogP contribution in [-0.2, 0) is 16.8 Å². The minimum atomic E-state index is -1.44. The van der Waals surface area contributed by atoms with Crippen molar-refractivity contribution < 1.29 is 14.7 Å². The van der Waals surface area contributed by atoms with Crippen LogP contribution in [0, 0.1) is 6.92 Å². The second kappa shape index (κ2) is 8.12. The van der Waals surface area contributed by atoms with Gasteiger partial charge in [0, 0.05) is 23.6 Å².